The van der Waals surface area contributed by atoms with Gasteiger partial charge in [-0.3, -0.25) is 19.3 Å². The molecule has 0 saturated carbocycles. The zero-order chi connectivity index (χ0) is 20.3. The van der Waals surface area contributed by atoms with E-state index in [0.717, 1.165) is 21.1 Å². The van der Waals surface area contributed by atoms with Crippen LogP contribution >= 0.6 is 0 Å². The average molecular weight is 382 g/mol. The first-order valence-corrected chi connectivity index (χ1v) is 9.08. The summed E-state index contributed by atoms with van der Waals surface area (Å²) in [6, 6.07) is 14.3. The molecule has 7 nitrogen and oxygen atoms in total. The Morgan fingerprint density at radius 3 is 2.29 bits per heavy atom. The van der Waals surface area contributed by atoms with Crippen molar-refractivity contribution in [3.63, 3.8) is 0 Å². The summed E-state index contributed by atoms with van der Waals surface area (Å²) in [7, 11) is 5.61. The van der Waals surface area contributed by atoms with Gasteiger partial charge in [0.25, 0.3) is 11.8 Å². The second-order valence-electron chi connectivity index (χ2n) is 6.95. The Bertz CT molecular complexity index is 875. The Kier molecular flexibility index (Phi) is 5.75. The largest absolute Gasteiger partial charge is 0.497 e. The van der Waals surface area contributed by atoms with Crippen molar-refractivity contribution >= 4 is 17.7 Å². The van der Waals surface area contributed by atoms with Crippen LogP contribution in [0.4, 0.5) is 0 Å². The molecule has 0 aromatic heterocycles. The first-order chi connectivity index (χ1) is 13.4. The number of carbonyl (C=O) groups excluding carboxylic acids is 3. The number of rotatable bonds is 7. The zero-order valence-electron chi connectivity index (χ0n) is 16.2. The molecule has 3 amide bonds. The molecule has 0 bridgehead atoms. The predicted molar refractivity (Wildman–Crippen MR) is 103 cm³/mol. The van der Waals surface area contributed by atoms with Crippen molar-refractivity contribution in [1.29, 1.82) is 0 Å². The van der Waals surface area contributed by atoms with Gasteiger partial charge in [0.2, 0.25) is 5.91 Å². The maximum Gasteiger partial charge on any atom is 0.262 e. The number of methoxy groups -OCH3 is 1. The summed E-state index contributed by atoms with van der Waals surface area (Å²) in [5, 5.41) is 2.85. The third-order valence-electron chi connectivity index (χ3n) is 4.88. The van der Waals surface area contributed by atoms with E-state index in [1.54, 1.807) is 31.4 Å². The second-order valence-corrected chi connectivity index (χ2v) is 6.95. The fourth-order valence-corrected chi connectivity index (χ4v) is 3.31. The molecule has 0 unspecified atom stereocenters. The van der Waals surface area contributed by atoms with Crippen LogP contribution in [0.1, 0.15) is 32.3 Å². The van der Waals surface area contributed by atoms with E-state index in [2.05, 4.69) is 5.32 Å². The highest BCUT2D eigenvalue weighted by Gasteiger charge is 2.36. The smallest absolute Gasteiger partial charge is 0.262 e. The lowest BCUT2D eigenvalue weighted by Gasteiger charge is -2.23. The topological polar surface area (TPSA) is 80.2 Å². The van der Waals surface area contributed by atoms with Crippen molar-refractivity contribution < 1.29 is 24.0 Å². The minimum absolute atomic E-state index is 0.00114. The van der Waals surface area contributed by atoms with Gasteiger partial charge < -0.3 is 15.0 Å². The molecule has 0 fully saturated rings. The number of quaternary nitrogens is 1. The molecule has 2 aromatic carbocycles. The van der Waals surface area contributed by atoms with Crippen LogP contribution in [-0.2, 0) is 4.79 Å². The summed E-state index contributed by atoms with van der Waals surface area (Å²) >= 11 is 0. The number of hydrogen-bond acceptors (Lipinski definition) is 4. The van der Waals surface area contributed by atoms with Crippen molar-refractivity contribution in [3.8, 4) is 5.75 Å². The van der Waals surface area contributed by atoms with Crippen LogP contribution in [0.25, 0.3) is 0 Å². The lowest BCUT2D eigenvalue weighted by molar-refractivity contribution is -0.890. The number of ether oxygens (including phenoxy) is 1. The van der Waals surface area contributed by atoms with E-state index in [9.17, 15) is 14.4 Å². The van der Waals surface area contributed by atoms with E-state index in [-0.39, 0.29) is 18.5 Å². The molecule has 1 atom stereocenters. The van der Waals surface area contributed by atoms with Crippen molar-refractivity contribution in [2.24, 2.45) is 0 Å². The van der Waals surface area contributed by atoms with Crippen molar-refractivity contribution in [3.05, 3.63) is 65.2 Å². The van der Waals surface area contributed by atoms with Crippen LogP contribution in [0, 0.1) is 0 Å². The minimum atomic E-state index is -0.432. The van der Waals surface area contributed by atoms with Crippen LogP contribution < -0.4 is 15.0 Å². The molecular weight excluding hydrogens is 358 g/mol. The van der Waals surface area contributed by atoms with Gasteiger partial charge in [-0.05, 0) is 24.3 Å². The van der Waals surface area contributed by atoms with Gasteiger partial charge in [0.1, 0.15) is 18.3 Å². The quantitative estimate of drug-likeness (QED) is 0.675. The molecule has 2 aromatic rings. The molecule has 2 N–H and O–H groups in total. The highest BCUT2D eigenvalue weighted by atomic mass is 16.5. The van der Waals surface area contributed by atoms with E-state index < -0.39 is 11.8 Å². The van der Waals surface area contributed by atoms with Crippen molar-refractivity contribution in [2.45, 2.75) is 6.04 Å². The Labute approximate surface area is 163 Å². The van der Waals surface area contributed by atoms with Crippen molar-refractivity contribution in [1.82, 2.24) is 10.2 Å². The summed E-state index contributed by atoms with van der Waals surface area (Å²) in [6.45, 7) is 0.0808. The molecule has 146 valence electrons. The van der Waals surface area contributed by atoms with Gasteiger partial charge in [0, 0.05) is 5.56 Å². The molecule has 28 heavy (non-hydrogen) atoms. The van der Waals surface area contributed by atoms with E-state index in [4.69, 9.17) is 4.74 Å². The highest BCUT2D eigenvalue weighted by Crippen LogP contribution is 2.22. The SMILES string of the molecule is COc1cccc([C@H](CNC(=O)CN2C(=O)c3ccccc3C2=O)[NH+](C)C)c1. The maximum absolute atomic E-state index is 12.4. The lowest BCUT2D eigenvalue weighted by atomic mass is 10.1. The number of amides is 3. The summed E-state index contributed by atoms with van der Waals surface area (Å²) in [5.41, 5.74) is 1.71. The van der Waals surface area contributed by atoms with Gasteiger partial charge in [-0.15, -0.1) is 0 Å². The molecular formula is C21H24N3O4+. The number of likely N-dealkylation sites (N-methyl/N-ethyl adjacent to an activating group) is 1. The number of fused-ring (bicyclic) bond motifs is 1. The number of carbonyl (C=O) groups is 3. The first-order valence-electron chi connectivity index (χ1n) is 9.08. The van der Waals surface area contributed by atoms with Gasteiger partial charge in [-0.1, -0.05) is 24.3 Å². The van der Waals surface area contributed by atoms with Gasteiger partial charge in [-0.25, -0.2) is 0 Å². The Morgan fingerprint density at radius 1 is 1.07 bits per heavy atom. The molecule has 0 saturated heterocycles. The minimum Gasteiger partial charge on any atom is -0.497 e. The highest BCUT2D eigenvalue weighted by molar-refractivity contribution is 6.22. The van der Waals surface area contributed by atoms with E-state index in [1.165, 1.54) is 0 Å². The fraction of sp³-hybridized carbons (Fsp3) is 0.286. The molecule has 1 aliphatic rings. The molecule has 1 aliphatic heterocycles. The molecule has 1 heterocycles. The van der Waals surface area contributed by atoms with E-state index >= 15 is 0 Å². The Hall–Kier alpha value is -3.19. The summed E-state index contributed by atoms with van der Waals surface area (Å²) in [5.74, 6) is -0.485. The van der Waals surface area contributed by atoms with Crippen molar-refractivity contribution in [2.75, 3.05) is 34.3 Å². The summed E-state index contributed by atoms with van der Waals surface area (Å²) in [6.07, 6.45) is 0. The molecule has 0 spiro atoms. The van der Waals surface area contributed by atoms with Crippen LogP contribution in [0.15, 0.2) is 48.5 Å². The number of nitrogens with one attached hydrogen (secondary N) is 2. The Morgan fingerprint density at radius 2 is 1.71 bits per heavy atom. The number of nitrogens with zero attached hydrogens (tertiary/aromatic N) is 1. The third-order valence-corrected chi connectivity index (χ3v) is 4.88. The molecule has 3 rings (SSSR count). The van der Waals surface area contributed by atoms with E-state index in [1.807, 2.05) is 38.4 Å². The average Bonchev–Trinajstić information content (AvgIpc) is 2.93. The molecule has 0 radical (unpaired) electrons. The standard InChI is InChI=1S/C21H23N3O4/c1-23(2)18(14-7-6-8-15(11-14)28-3)12-22-19(25)13-24-20(26)16-9-4-5-10-17(16)21(24)27/h4-11,18H,12-13H2,1-3H3,(H,22,25)/p+1/t18-/m0/s1. The normalized spacial score (nSPS) is 14.2. The molecule has 7 heteroatoms. The van der Waals surface area contributed by atoms with Gasteiger partial charge in [-0.2, -0.15) is 0 Å². The van der Waals surface area contributed by atoms with Crippen LogP contribution in [0.3, 0.4) is 0 Å². The number of hydrogen-bond donors (Lipinski definition) is 2. The van der Waals surface area contributed by atoms with Crippen LogP contribution in [0.5, 0.6) is 5.75 Å². The molecule has 0 aliphatic carbocycles. The summed E-state index contributed by atoms with van der Waals surface area (Å²) < 4.78 is 5.28. The fourth-order valence-electron chi connectivity index (χ4n) is 3.31. The maximum atomic E-state index is 12.4. The third kappa shape index (κ3) is 3.89. The predicted octanol–water partition coefficient (Wildman–Crippen LogP) is 0.293. The van der Waals surface area contributed by atoms with Gasteiger partial charge in [0.15, 0.2) is 0 Å². The first kappa shape index (κ1) is 19.6. The number of benzene rings is 2. The van der Waals surface area contributed by atoms with Crippen LogP contribution in [-0.4, -0.2) is 56.9 Å². The Balaban J connectivity index is 1.64. The number of imide groups is 1. The van der Waals surface area contributed by atoms with Gasteiger partial charge in [0.05, 0.1) is 38.9 Å². The van der Waals surface area contributed by atoms with Gasteiger partial charge >= 0.3 is 0 Å². The second kappa shape index (κ2) is 8.22. The van der Waals surface area contributed by atoms with E-state index in [0.29, 0.717) is 17.7 Å². The zero-order valence-corrected chi connectivity index (χ0v) is 16.2. The lowest BCUT2D eigenvalue weighted by Crippen LogP contribution is -3.07. The summed E-state index contributed by atoms with van der Waals surface area (Å²) in [4.78, 5) is 39.3. The van der Waals surface area contributed by atoms with Crippen LogP contribution in [0.2, 0.25) is 0 Å². The monoisotopic (exact) mass is 382 g/mol.